The van der Waals surface area contributed by atoms with Crippen LogP contribution < -0.4 is 10.5 Å². The highest BCUT2D eigenvalue weighted by atomic mass is 35.5. The summed E-state index contributed by atoms with van der Waals surface area (Å²) in [5.74, 6) is -1.81. The van der Waals surface area contributed by atoms with Gasteiger partial charge < -0.3 is 25.0 Å². The van der Waals surface area contributed by atoms with Crippen molar-refractivity contribution in [2.45, 2.75) is 31.7 Å². The predicted octanol–water partition coefficient (Wildman–Crippen LogP) is 2.28. The van der Waals surface area contributed by atoms with E-state index in [1.54, 1.807) is 0 Å². The first-order valence-corrected chi connectivity index (χ1v) is 9.53. The number of hydrogen-bond donors (Lipinski definition) is 3. The number of aromatic amines is 1. The molecule has 1 unspecified atom stereocenters. The van der Waals surface area contributed by atoms with Crippen LogP contribution in [0, 0.1) is 0 Å². The highest BCUT2D eigenvalue weighted by Crippen LogP contribution is 2.42. The van der Waals surface area contributed by atoms with Crippen LogP contribution in [0.2, 0.25) is 0 Å². The number of benzene rings is 1. The van der Waals surface area contributed by atoms with E-state index in [1.807, 2.05) is 6.07 Å². The molecule has 2 aliphatic rings. The number of hydrogen-bond acceptors (Lipinski definition) is 5. The SMILES string of the molecule is CN(C)CC1Cc2c(ccc3c2CCCc2c-3[nH]c(=O)c(C(=O)O)c2O)N1C.Cl. The van der Waals surface area contributed by atoms with Crippen LogP contribution in [0.15, 0.2) is 16.9 Å². The molecule has 29 heavy (non-hydrogen) atoms. The highest BCUT2D eigenvalue weighted by Gasteiger charge is 2.32. The largest absolute Gasteiger partial charge is 0.506 e. The second kappa shape index (κ2) is 7.72. The average molecular weight is 420 g/mol. The molecule has 7 nitrogen and oxygen atoms in total. The van der Waals surface area contributed by atoms with Crippen molar-refractivity contribution in [1.82, 2.24) is 9.88 Å². The van der Waals surface area contributed by atoms with E-state index in [-0.39, 0.29) is 12.4 Å². The Morgan fingerprint density at radius 3 is 2.59 bits per heavy atom. The monoisotopic (exact) mass is 419 g/mol. The summed E-state index contributed by atoms with van der Waals surface area (Å²) in [5.41, 5.74) is 4.34. The molecular formula is C21H26ClN3O4. The first kappa shape index (κ1) is 21.2. The zero-order valence-electron chi connectivity index (χ0n) is 16.8. The summed E-state index contributed by atoms with van der Waals surface area (Å²) in [6.45, 7) is 0.954. The number of nitrogens with zero attached hydrogens (tertiary/aromatic N) is 2. The smallest absolute Gasteiger partial charge is 0.345 e. The maximum atomic E-state index is 12.3. The number of carbonyl (C=O) groups is 1. The fourth-order valence-corrected chi connectivity index (χ4v) is 4.68. The van der Waals surface area contributed by atoms with Crippen LogP contribution in [0.25, 0.3) is 11.3 Å². The summed E-state index contributed by atoms with van der Waals surface area (Å²) in [6.07, 6.45) is 3.08. The Balaban J connectivity index is 0.00000240. The molecule has 0 spiro atoms. The first-order chi connectivity index (χ1) is 13.3. The summed E-state index contributed by atoms with van der Waals surface area (Å²) >= 11 is 0. The van der Waals surface area contributed by atoms with Crippen molar-refractivity contribution in [3.63, 3.8) is 0 Å². The molecule has 0 amide bonds. The minimum Gasteiger partial charge on any atom is -0.506 e. The number of likely N-dealkylation sites (N-methyl/N-ethyl adjacent to an activating group) is 2. The van der Waals surface area contributed by atoms with Crippen LogP contribution >= 0.6 is 12.4 Å². The van der Waals surface area contributed by atoms with E-state index in [9.17, 15) is 19.8 Å². The molecule has 1 aromatic carbocycles. The van der Waals surface area contributed by atoms with Crippen molar-refractivity contribution in [3.05, 3.63) is 44.7 Å². The maximum Gasteiger partial charge on any atom is 0.345 e. The third kappa shape index (κ3) is 3.38. The Morgan fingerprint density at radius 2 is 1.93 bits per heavy atom. The predicted molar refractivity (Wildman–Crippen MR) is 115 cm³/mol. The molecule has 1 aromatic heterocycles. The van der Waals surface area contributed by atoms with Gasteiger partial charge in [0.2, 0.25) is 0 Å². The number of aromatic carboxylic acids is 1. The molecule has 0 fully saturated rings. The van der Waals surface area contributed by atoms with Gasteiger partial charge in [0, 0.05) is 36.4 Å². The second-order valence-corrected chi connectivity index (χ2v) is 8.01. The lowest BCUT2D eigenvalue weighted by Gasteiger charge is -2.25. The average Bonchev–Trinajstić information content (AvgIpc) is 2.81. The number of fused-ring (bicyclic) bond motifs is 5. The van der Waals surface area contributed by atoms with Gasteiger partial charge in [0.1, 0.15) is 5.75 Å². The molecule has 1 atom stereocenters. The lowest BCUT2D eigenvalue weighted by molar-refractivity contribution is 0.0691. The van der Waals surface area contributed by atoms with Gasteiger partial charge >= 0.3 is 5.97 Å². The molecule has 0 radical (unpaired) electrons. The van der Waals surface area contributed by atoms with Crippen molar-refractivity contribution < 1.29 is 15.0 Å². The van der Waals surface area contributed by atoms with Crippen LogP contribution in [-0.2, 0) is 19.3 Å². The number of aromatic nitrogens is 1. The quantitative estimate of drug-likeness (QED) is 0.706. The Labute approximate surface area is 175 Å². The van der Waals surface area contributed by atoms with Crippen LogP contribution in [0.1, 0.15) is 33.5 Å². The van der Waals surface area contributed by atoms with Gasteiger partial charge in [-0.2, -0.15) is 0 Å². The number of carboxylic acid groups (broad SMARTS) is 1. The van der Waals surface area contributed by atoms with E-state index in [0.29, 0.717) is 23.7 Å². The summed E-state index contributed by atoms with van der Waals surface area (Å²) < 4.78 is 0. The third-order valence-electron chi connectivity index (χ3n) is 5.98. The maximum absolute atomic E-state index is 12.3. The van der Waals surface area contributed by atoms with E-state index in [4.69, 9.17) is 0 Å². The molecule has 0 saturated heterocycles. The minimum absolute atomic E-state index is 0. The van der Waals surface area contributed by atoms with Gasteiger partial charge in [-0.3, -0.25) is 4.79 Å². The highest BCUT2D eigenvalue weighted by molar-refractivity contribution is 5.92. The molecule has 2 aromatic rings. The number of anilines is 1. The summed E-state index contributed by atoms with van der Waals surface area (Å²) in [4.78, 5) is 30.9. The molecule has 1 aliphatic carbocycles. The van der Waals surface area contributed by atoms with Crippen molar-refractivity contribution in [2.24, 2.45) is 0 Å². The summed E-state index contributed by atoms with van der Waals surface area (Å²) in [5, 5.41) is 19.8. The van der Waals surface area contributed by atoms with Crippen LogP contribution in [0.3, 0.4) is 0 Å². The Kier molecular flexibility index (Phi) is 5.65. The zero-order chi connectivity index (χ0) is 20.2. The number of aromatic hydroxyl groups is 1. The Morgan fingerprint density at radius 1 is 1.24 bits per heavy atom. The number of halogens is 1. The topological polar surface area (TPSA) is 96.9 Å². The lowest BCUT2D eigenvalue weighted by atomic mass is 9.93. The molecule has 1 aliphatic heterocycles. The van der Waals surface area contributed by atoms with E-state index < -0.39 is 22.8 Å². The first-order valence-electron chi connectivity index (χ1n) is 9.53. The lowest BCUT2D eigenvalue weighted by Crippen LogP contribution is -2.37. The molecule has 8 heteroatoms. The molecule has 0 saturated carbocycles. The van der Waals surface area contributed by atoms with Gasteiger partial charge in [-0.1, -0.05) is 6.07 Å². The second-order valence-electron chi connectivity index (χ2n) is 8.01. The van der Waals surface area contributed by atoms with Gasteiger partial charge in [-0.25, -0.2) is 4.79 Å². The van der Waals surface area contributed by atoms with Gasteiger partial charge in [0.15, 0.2) is 5.56 Å². The molecular weight excluding hydrogens is 394 g/mol. The summed E-state index contributed by atoms with van der Waals surface area (Å²) in [6, 6.07) is 4.45. The van der Waals surface area contributed by atoms with Crippen molar-refractivity contribution in [3.8, 4) is 17.0 Å². The van der Waals surface area contributed by atoms with E-state index in [1.165, 1.54) is 16.8 Å². The number of nitrogens with one attached hydrogen (secondary N) is 1. The fraction of sp³-hybridized carbons (Fsp3) is 0.429. The van der Waals surface area contributed by atoms with E-state index in [0.717, 1.165) is 31.4 Å². The molecule has 4 rings (SSSR count). The van der Waals surface area contributed by atoms with Crippen LogP contribution in [0.5, 0.6) is 5.75 Å². The van der Waals surface area contributed by atoms with E-state index >= 15 is 0 Å². The summed E-state index contributed by atoms with van der Waals surface area (Å²) in [7, 11) is 6.26. The Bertz CT molecular complexity index is 1030. The molecule has 3 N–H and O–H groups in total. The van der Waals surface area contributed by atoms with Crippen LogP contribution in [0.4, 0.5) is 5.69 Å². The van der Waals surface area contributed by atoms with E-state index in [2.05, 4.69) is 42.0 Å². The van der Waals surface area contributed by atoms with Crippen molar-refractivity contribution >= 4 is 24.1 Å². The standard InChI is InChI=1S/C21H25N3O4.ClH/c1-23(2)10-11-9-15-12-5-4-6-14-18(13(12)7-8-16(15)24(11)3)22-20(26)17(19(14)25)21(27)28;/h7-8,11H,4-6,9-10H2,1-3H3,(H,27,28)(H2,22,25,26);1H. The van der Waals surface area contributed by atoms with Crippen LogP contribution in [-0.4, -0.2) is 59.8 Å². The van der Waals surface area contributed by atoms with Gasteiger partial charge in [-0.05, 0) is 57.0 Å². The third-order valence-corrected chi connectivity index (χ3v) is 5.98. The molecule has 2 heterocycles. The number of rotatable bonds is 3. The number of carboxylic acids is 1. The van der Waals surface area contributed by atoms with Gasteiger partial charge in [0.05, 0.1) is 5.69 Å². The van der Waals surface area contributed by atoms with Crippen molar-refractivity contribution in [1.29, 1.82) is 0 Å². The fourth-order valence-electron chi connectivity index (χ4n) is 4.68. The normalized spacial score (nSPS) is 17.2. The Hall–Kier alpha value is -2.51. The van der Waals surface area contributed by atoms with Gasteiger partial charge in [-0.15, -0.1) is 12.4 Å². The number of H-pyrrole nitrogens is 1. The zero-order valence-corrected chi connectivity index (χ0v) is 17.6. The molecule has 156 valence electrons. The van der Waals surface area contributed by atoms with Gasteiger partial charge in [0.25, 0.3) is 5.56 Å². The minimum atomic E-state index is -1.41. The molecule has 0 bridgehead atoms. The van der Waals surface area contributed by atoms with Crippen molar-refractivity contribution in [2.75, 3.05) is 32.6 Å². The number of pyridine rings is 1.